The number of carboxylic acids is 2. The van der Waals surface area contributed by atoms with Crippen LogP contribution in [0.3, 0.4) is 0 Å². The number of aliphatic hydroxyl groups excluding tert-OH is 4. The van der Waals surface area contributed by atoms with Gasteiger partial charge in [-0.25, -0.2) is 0 Å². The summed E-state index contributed by atoms with van der Waals surface area (Å²) in [5.41, 5.74) is 15.9. The summed E-state index contributed by atoms with van der Waals surface area (Å²) in [6.07, 6.45) is -3.12. The summed E-state index contributed by atoms with van der Waals surface area (Å²) >= 11 is 0. The van der Waals surface area contributed by atoms with Gasteiger partial charge in [-0.1, -0.05) is 10.2 Å². The standard InChI is InChI=1S/2C8H17N3O5.C3H4O4/c2*9-11-10-8(13)7-16-6-5-15-4-3-14-2-1-12;4-2(5)1-3(6)7/h2*8,12-13H,1-7H2;1H2,(H,4,5)(H,6,7). The van der Waals surface area contributed by atoms with Gasteiger partial charge < -0.3 is 59.1 Å². The molecule has 0 fully saturated rings. The lowest BCUT2D eigenvalue weighted by atomic mass is 10.5. The van der Waals surface area contributed by atoms with Crippen LogP contribution in [0.4, 0.5) is 0 Å². The van der Waals surface area contributed by atoms with Crippen LogP contribution < -0.4 is 0 Å². The van der Waals surface area contributed by atoms with Crippen molar-refractivity contribution in [2.75, 3.05) is 92.5 Å². The molecule has 0 aromatic carbocycles. The third-order valence-corrected chi connectivity index (χ3v) is 3.17. The Labute approximate surface area is 223 Å². The summed E-state index contributed by atoms with van der Waals surface area (Å²) < 4.78 is 30.0. The quantitative estimate of drug-likeness (QED) is 0.0261. The zero-order chi connectivity index (χ0) is 30.0. The molecule has 0 saturated carbocycles. The Balaban J connectivity index is -0.000000537. The molecule has 0 aliphatic carbocycles. The van der Waals surface area contributed by atoms with Gasteiger partial charge in [0.15, 0.2) is 12.5 Å². The van der Waals surface area contributed by atoms with Crippen LogP contribution in [0.15, 0.2) is 10.2 Å². The summed E-state index contributed by atoms with van der Waals surface area (Å²) in [5.74, 6) is -2.62. The predicted molar refractivity (Wildman–Crippen MR) is 129 cm³/mol. The molecule has 2 atom stereocenters. The minimum absolute atomic E-state index is 0.000407. The summed E-state index contributed by atoms with van der Waals surface area (Å²) in [7, 11) is 0. The highest BCUT2D eigenvalue weighted by Crippen LogP contribution is 1.89. The second-order valence-electron chi connectivity index (χ2n) is 6.38. The van der Waals surface area contributed by atoms with Crippen LogP contribution >= 0.6 is 0 Å². The van der Waals surface area contributed by atoms with Crippen LogP contribution in [0.1, 0.15) is 6.42 Å². The summed E-state index contributed by atoms with van der Waals surface area (Å²) in [4.78, 5) is 23.7. The molecule has 0 amide bonds. The topological polar surface area (TPSA) is 308 Å². The van der Waals surface area contributed by atoms with Gasteiger partial charge in [0.2, 0.25) is 0 Å². The van der Waals surface area contributed by atoms with Crippen molar-refractivity contribution in [3.63, 3.8) is 0 Å². The van der Waals surface area contributed by atoms with Crippen molar-refractivity contribution in [1.29, 1.82) is 0 Å². The maximum absolute atomic E-state index is 9.43. The summed E-state index contributed by atoms with van der Waals surface area (Å²) in [6, 6.07) is 0. The molecule has 39 heavy (non-hydrogen) atoms. The number of aliphatic carboxylic acids is 2. The van der Waals surface area contributed by atoms with Crippen molar-refractivity contribution < 1.29 is 68.6 Å². The van der Waals surface area contributed by atoms with Gasteiger partial charge >= 0.3 is 11.9 Å². The van der Waals surface area contributed by atoms with Crippen molar-refractivity contribution in [3.8, 4) is 0 Å². The first-order valence-corrected chi connectivity index (χ1v) is 11.3. The van der Waals surface area contributed by atoms with Crippen molar-refractivity contribution in [2.45, 2.75) is 18.9 Å². The molecule has 0 heterocycles. The molecule has 2 unspecified atom stereocenters. The van der Waals surface area contributed by atoms with Gasteiger partial charge in [-0.05, 0) is 11.1 Å². The molecule has 0 aliphatic rings. The fourth-order valence-corrected chi connectivity index (χ4v) is 1.70. The Bertz CT molecular complexity index is 611. The van der Waals surface area contributed by atoms with E-state index in [-0.39, 0.29) is 26.4 Å². The second-order valence-corrected chi connectivity index (χ2v) is 6.38. The van der Waals surface area contributed by atoms with Gasteiger partial charge in [0, 0.05) is 9.82 Å². The molecule has 0 saturated heterocycles. The molecule has 0 spiro atoms. The number of nitrogens with zero attached hydrogens (tertiary/aromatic N) is 6. The SMILES string of the molecule is O=C(O)CC(=O)O.[N-]=[N+]=NC(O)COCCOCCOCCO.[N-]=[N+]=NC(O)COCCOCCOCCO. The maximum atomic E-state index is 9.43. The number of hydrogen-bond donors (Lipinski definition) is 6. The van der Waals surface area contributed by atoms with Crippen molar-refractivity contribution in [3.05, 3.63) is 20.9 Å². The van der Waals surface area contributed by atoms with Gasteiger partial charge in [0.1, 0.15) is 6.42 Å². The van der Waals surface area contributed by atoms with E-state index in [1.807, 2.05) is 0 Å². The molecule has 228 valence electrons. The number of aliphatic hydroxyl groups is 4. The first-order chi connectivity index (χ1) is 18.7. The third kappa shape index (κ3) is 45.5. The highest BCUT2D eigenvalue weighted by atomic mass is 16.6. The van der Waals surface area contributed by atoms with Crippen LogP contribution in [0.2, 0.25) is 0 Å². The Morgan fingerprint density at radius 1 is 0.590 bits per heavy atom. The molecular formula is C19H38N6O14. The molecule has 0 aromatic rings. The average Bonchev–Trinajstić information content (AvgIpc) is 2.87. The van der Waals surface area contributed by atoms with Crippen molar-refractivity contribution in [1.82, 2.24) is 0 Å². The highest BCUT2D eigenvalue weighted by molar-refractivity contribution is 5.88. The molecule has 6 N–H and O–H groups in total. The first kappa shape index (κ1) is 40.7. The van der Waals surface area contributed by atoms with E-state index < -0.39 is 30.8 Å². The third-order valence-electron chi connectivity index (χ3n) is 3.17. The van der Waals surface area contributed by atoms with Gasteiger partial charge in [0.25, 0.3) is 0 Å². The van der Waals surface area contributed by atoms with E-state index in [2.05, 4.69) is 20.1 Å². The summed E-state index contributed by atoms with van der Waals surface area (Å²) in [6.45, 7) is 3.53. The van der Waals surface area contributed by atoms with Crippen molar-refractivity contribution in [2.24, 2.45) is 10.2 Å². The number of ether oxygens (including phenoxy) is 6. The molecule has 20 heteroatoms. The molecule has 20 nitrogen and oxygen atoms in total. The Kier molecular flexibility index (Phi) is 36.7. The number of rotatable bonds is 24. The fraction of sp³-hybridized carbons (Fsp3) is 0.895. The van der Waals surface area contributed by atoms with Gasteiger partial charge in [0.05, 0.1) is 92.5 Å². The van der Waals surface area contributed by atoms with Crippen LogP contribution in [-0.2, 0) is 38.0 Å². The number of hydrogen-bond acceptors (Lipinski definition) is 14. The van der Waals surface area contributed by atoms with E-state index in [0.29, 0.717) is 66.1 Å². The molecule has 0 aromatic heterocycles. The van der Waals surface area contributed by atoms with Gasteiger partial charge in [-0.3, -0.25) is 9.59 Å². The lowest BCUT2D eigenvalue weighted by molar-refractivity contribution is -0.147. The van der Waals surface area contributed by atoms with E-state index in [1.54, 1.807) is 0 Å². The molecule has 0 radical (unpaired) electrons. The first-order valence-electron chi connectivity index (χ1n) is 11.3. The van der Waals surface area contributed by atoms with Crippen LogP contribution in [0.5, 0.6) is 0 Å². The monoisotopic (exact) mass is 574 g/mol. The maximum Gasteiger partial charge on any atom is 0.314 e. The second kappa shape index (κ2) is 35.2. The Hall–Kier alpha value is -2.84. The van der Waals surface area contributed by atoms with E-state index in [0.717, 1.165) is 0 Å². The Morgan fingerprint density at radius 2 is 0.872 bits per heavy atom. The Morgan fingerprint density at radius 3 is 1.10 bits per heavy atom. The predicted octanol–water partition coefficient (Wildman–Crippen LogP) is -1.14. The van der Waals surface area contributed by atoms with Crippen LogP contribution in [0, 0.1) is 0 Å². The van der Waals surface area contributed by atoms with Crippen LogP contribution in [0.25, 0.3) is 20.9 Å². The van der Waals surface area contributed by atoms with E-state index >= 15 is 0 Å². The number of carbonyl (C=O) groups is 2. The van der Waals surface area contributed by atoms with Gasteiger partial charge in [-0.15, -0.1) is 0 Å². The normalized spacial score (nSPS) is 11.4. The fourth-order valence-electron chi connectivity index (χ4n) is 1.70. The van der Waals surface area contributed by atoms with E-state index in [1.165, 1.54) is 0 Å². The van der Waals surface area contributed by atoms with Crippen molar-refractivity contribution >= 4 is 11.9 Å². The smallest absolute Gasteiger partial charge is 0.314 e. The minimum Gasteiger partial charge on any atom is -0.481 e. The zero-order valence-corrected chi connectivity index (χ0v) is 21.4. The minimum atomic E-state index is -1.31. The van der Waals surface area contributed by atoms with E-state index in [9.17, 15) is 9.59 Å². The lowest BCUT2D eigenvalue weighted by Gasteiger charge is -2.07. The largest absolute Gasteiger partial charge is 0.481 e. The highest BCUT2D eigenvalue weighted by Gasteiger charge is 2.02. The zero-order valence-electron chi connectivity index (χ0n) is 21.4. The van der Waals surface area contributed by atoms with Crippen LogP contribution in [-0.4, -0.2) is 148 Å². The summed E-state index contributed by atoms with van der Waals surface area (Å²) in [5, 5.41) is 56.1. The molecular weight excluding hydrogens is 536 g/mol. The van der Waals surface area contributed by atoms with Gasteiger partial charge in [-0.2, -0.15) is 0 Å². The van der Waals surface area contributed by atoms with E-state index in [4.69, 9.17) is 70.1 Å². The molecule has 0 aliphatic heterocycles. The molecule has 0 bridgehead atoms. The number of azide groups is 2. The lowest BCUT2D eigenvalue weighted by Crippen LogP contribution is -2.15. The average molecular weight is 575 g/mol. The number of carboxylic acid groups (broad SMARTS) is 2. The molecule has 0 rings (SSSR count).